The number of amides is 2. The molecule has 1 N–H and O–H groups in total. The molecule has 9 heteroatoms. The van der Waals surface area contributed by atoms with Gasteiger partial charge in [-0.15, -0.1) is 0 Å². The zero-order valence-electron chi connectivity index (χ0n) is 14.6. The first kappa shape index (κ1) is 21.8. The number of carbonyl (C=O) groups is 2. The highest BCUT2D eigenvalue weighted by atomic mass is 35.5. The van der Waals surface area contributed by atoms with E-state index in [4.69, 9.17) is 23.2 Å². The normalized spacial score (nSPS) is 11.5. The molecule has 2 rings (SSSR count). The molecule has 0 aliphatic carbocycles. The van der Waals surface area contributed by atoms with Gasteiger partial charge < -0.3 is 10.2 Å². The molecule has 0 fully saturated rings. The van der Waals surface area contributed by atoms with E-state index >= 15 is 0 Å². The van der Waals surface area contributed by atoms with Gasteiger partial charge in [0.25, 0.3) is 0 Å². The zero-order chi connectivity index (χ0) is 20.9. The van der Waals surface area contributed by atoms with Gasteiger partial charge in [-0.3, -0.25) is 9.59 Å². The second-order valence-electron chi connectivity index (χ2n) is 5.80. The predicted octanol–water partition coefficient (Wildman–Crippen LogP) is 5.12. The number of para-hydroxylation sites is 1. The summed E-state index contributed by atoms with van der Waals surface area (Å²) in [6.45, 7) is -0.298. The Labute approximate surface area is 169 Å². The highest BCUT2D eigenvalue weighted by Crippen LogP contribution is 2.30. The van der Waals surface area contributed by atoms with E-state index in [-0.39, 0.29) is 27.8 Å². The molecule has 0 atom stereocenters. The SMILES string of the molecule is CN(CC(=O)Nc1c(Cl)cccc1Cl)C(=O)/C=C/c1cccc(C(F)(F)F)c1. The van der Waals surface area contributed by atoms with Crippen LogP contribution in [-0.2, 0) is 15.8 Å². The van der Waals surface area contributed by atoms with Crippen molar-refractivity contribution in [2.24, 2.45) is 0 Å². The minimum atomic E-state index is -4.47. The highest BCUT2D eigenvalue weighted by molar-refractivity contribution is 6.39. The molecule has 2 aromatic rings. The number of hydrogen-bond acceptors (Lipinski definition) is 2. The summed E-state index contributed by atoms with van der Waals surface area (Å²) in [6, 6.07) is 9.27. The molecule has 0 heterocycles. The molecular weight excluding hydrogens is 416 g/mol. The van der Waals surface area contributed by atoms with Gasteiger partial charge in [0.2, 0.25) is 11.8 Å². The van der Waals surface area contributed by atoms with Crippen LogP contribution >= 0.6 is 23.2 Å². The van der Waals surface area contributed by atoms with Crippen molar-refractivity contribution in [2.45, 2.75) is 6.18 Å². The van der Waals surface area contributed by atoms with Crippen LogP contribution in [0.3, 0.4) is 0 Å². The molecule has 0 aliphatic heterocycles. The van der Waals surface area contributed by atoms with Crippen molar-refractivity contribution in [3.63, 3.8) is 0 Å². The molecule has 2 aromatic carbocycles. The summed E-state index contributed by atoms with van der Waals surface area (Å²) in [5.74, 6) is -1.09. The second kappa shape index (κ2) is 9.12. The van der Waals surface area contributed by atoms with Crippen LogP contribution < -0.4 is 5.32 Å². The number of benzene rings is 2. The third kappa shape index (κ3) is 6.00. The Bertz CT molecular complexity index is 894. The van der Waals surface area contributed by atoms with Crippen molar-refractivity contribution in [1.82, 2.24) is 4.90 Å². The van der Waals surface area contributed by atoms with Gasteiger partial charge in [0.15, 0.2) is 0 Å². The van der Waals surface area contributed by atoms with Crippen LogP contribution in [0.4, 0.5) is 18.9 Å². The highest BCUT2D eigenvalue weighted by Gasteiger charge is 2.30. The number of carbonyl (C=O) groups excluding carboxylic acids is 2. The lowest BCUT2D eigenvalue weighted by atomic mass is 10.1. The van der Waals surface area contributed by atoms with Crippen LogP contribution in [0.5, 0.6) is 0 Å². The Morgan fingerprint density at radius 2 is 1.71 bits per heavy atom. The van der Waals surface area contributed by atoms with Gasteiger partial charge in [0.1, 0.15) is 0 Å². The first-order valence-corrected chi connectivity index (χ1v) is 8.68. The third-order valence-corrected chi connectivity index (χ3v) is 4.25. The van der Waals surface area contributed by atoms with E-state index in [9.17, 15) is 22.8 Å². The molecule has 148 valence electrons. The average Bonchev–Trinajstić information content (AvgIpc) is 2.62. The van der Waals surface area contributed by atoms with Gasteiger partial charge in [-0.2, -0.15) is 13.2 Å². The first-order chi connectivity index (χ1) is 13.1. The van der Waals surface area contributed by atoms with Gasteiger partial charge in [0, 0.05) is 13.1 Å². The molecule has 0 bridgehead atoms. The largest absolute Gasteiger partial charge is 0.416 e. The fourth-order valence-corrected chi connectivity index (χ4v) is 2.69. The molecular formula is C19H15Cl2F3N2O2. The Morgan fingerprint density at radius 1 is 1.11 bits per heavy atom. The van der Waals surface area contributed by atoms with Crippen LogP contribution in [0.2, 0.25) is 10.0 Å². The van der Waals surface area contributed by atoms with E-state index in [2.05, 4.69) is 5.32 Å². The van der Waals surface area contributed by atoms with Crippen molar-refractivity contribution in [3.8, 4) is 0 Å². The van der Waals surface area contributed by atoms with Crippen molar-refractivity contribution in [2.75, 3.05) is 18.9 Å². The Balaban J connectivity index is 1.99. The van der Waals surface area contributed by atoms with E-state index in [1.807, 2.05) is 0 Å². The van der Waals surface area contributed by atoms with Gasteiger partial charge in [-0.25, -0.2) is 0 Å². The lowest BCUT2D eigenvalue weighted by molar-refractivity contribution is -0.137. The lowest BCUT2D eigenvalue weighted by Crippen LogP contribution is -2.34. The molecule has 0 radical (unpaired) electrons. The van der Waals surface area contributed by atoms with Crippen molar-refractivity contribution < 1.29 is 22.8 Å². The number of anilines is 1. The summed E-state index contributed by atoms with van der Waals surface area (Å²) < 4.78 is 38.1. The number of alkyl halides is 3. The summed E-state index contributed by atoms with van der Waals surface area (Å²) in [4.78, 5) is 25.3. The topological polar surface area (TPSA) is 49.4 Å². The van der Waals surface area contributed by atoms with E-state index in [1.54, 1.807) is 18.2 Å². The molecule has 0 saturated carbocycles. The van der Waals surface area contributed by atoms with Gasteiger partial charge in [-0.1, -0.05) is 41.4 Å². The number of nitrogens with zero attached hydrogens (tertiary/aromatic N) is 1. The van der Waals surface area contributed by atoms with Crippen molar-refractivity contribution >= 4 is 46.8 Å². The summed E-state index contributed by atoms with van der Waals surface area (Å²) in [5.41, 5.74) is -0.369. The van der Waals surface area contributed by atoms with Crippen LogP contribution in [0.25, 0.3) is 6.08 Å². The van der Waals surface area contributed by atoms with Crippen LogP contribution in [-0.4, -0.2) is 30.3 Å². The van der Waals surface area contributed by atoms with E-state index in [0.29, 0.717) is 0 Å². The second-order valence-corrected chi connectivity index (χ2v) is 6.61. The molecule has 0 aliphatic rings. The van der Waals surface area contributed by atoms with E-state index < -0.39 is 23.6 Å². The van der Waals surface area contributed by atoms with Gasteiger partial charge >= 0.3 is 6.18 Å². The quantitative estimate of drug-likeness (QED) is 0.668. The minimum Gasteiger partial charge on any atom is -0.333 e. The minimum absolute atomic E-state index is 0.212. The molecule has 0 unspecified atom stereocenters. The summed E-state index contributed by atoms with van der Waals surface area (Å²) in [7, 11) is 1.38. The van der Waals surface area contributed by atoms with Crippen LogP contribution in [0, 0.1) is 0 Å². The van der Waals surface area contributed by atoms with Crippen LogP contribution in [0.15, 0.2) is 48.5 Å². The third-order valence-electron chi connectivity index (χ3n) is 3.62. The molecule has 0 spiro atoms. The van der Waals surface area contributed by atoms with Crippen molar-refractivity contribution in [1.29, 1.82) is 0 Å². The summed E-state index contributed by atoms with van der Waals surface area (Å²) >= 11 is 11.9. The maximum Gasteiger partial charge on any atom is 0.416 e. The number of nitrogens with one attached hydrogen (secondary N) is 1. The maximum atomic E-state index is 12.7. The van der Waals surface area contributed by atoms with Gasteiger partial charge in [0.05, 0.1) is 27.8 Å². The maximum absolute atomic E-state index is 12.7. The number of rotatable bonds is 5. The zero-order valence-corrected chi connectivity index (χ0v) is 16.1. The van der Waals surface area contributed by atoms with Gasteiger partial charge in [-0.05, 0) is 35.9 Å². The molecule has 2 amide bonds. The van der Waals surface area contributed by atoms with E-state index in [1.165, 1.54) is 25.3 Å². The molecule has 0 saturated heterocycles. The van der Waals surface area contributed by atoms with E-state index in [0.717, 1.165) is 23.1 Å². The Kier molecular flexibility index (Phi) is 7.10. The van der Waals surface area contributed by atoms with Crippen molar-refractivity contribution in [3.05, 3.63) is 69.7 Å². The smallest absolute Gasteiger partial charge is 0.333 e. The fraction of sp³-hybridized carbons (Fsp3) is 0.158. The monoisotopic (exact) mass is 430 g/mol. The standard InChI is InChI=1S/C19H15Cl2F3N2O2/c1-26(11-16(27)25-18-14(20)6-3-7-15(18)21)17(28)9-8-12-4-2-5-13(10-12)19(22,23)24/h2-10H,11H2,1H3,(H,25,27)/b9-8+. The molecule has 0 aromatic heterocycles. The Morgan fingerprint density at radius 3 is 2.32 bits per heavy atom. The summed E-state index contributed by atoms with van der Waals surface area (Å²) in [6.07, 6.45) is -2.13. The molecule has 28 heavy (non-hydrogen) atoms. The first-order valence-electron chi connectivity index (χ1n) is 7.92. The Hall–Kier alpha value is -2.51. The lowest BCUT2D eigenvalue weighted by Gasteiger charge is -2.16. The number of hydrogen-bond donors (Lipinski definition) is 1. The predicted molar refractivity (Wildman–Crippen MR) is 103 cm³/mol. The average molecular weight is 431 g/mol. The number of halogens is 5. The fourth-order valence-electron chi connectivity index (χ4n) is 2.20. The number of likely N-dealkylation sites (N-methyl/N-ethyl adjacent to an activating group) is 1. The van der Waals surface area contributed by atoms with Crippen LogP contribution in [0.1, 0.15) is 11.1 Å². The summed E-state index contributed by atoms with van der Waals surface area (Å²) in [5, 5.41) is 3.01. The molecule has 4 nitrogen and oxygen atoms in total.